The van der Waals surface area contributed by atoms with Crippen molar-refractivity contribution in [2.75, 3.05) is 20.4 Å². The average Bonchev–Trinajstić information content (AvgIpc) is 2.33. The van der Waals surface area contributed by atoms with E-state index in [1.165, 1.54) is 0 Å². The molecule has 3 nitrogen and oxygen atoms in total. The monoisotopic (exact) mass is 255 g/mol. The van der Waals surface area contributed by atoms with Crippen LogP contribution < -0.4 is 14.8 Å². The number of halogens is 1. The van der Waals surface area contributed by atoms with Gasteiger partial charge in [-0.15, -0.1) is 0 Å². The second kappa shape index (κ2) is 6.59. The summed E-state index contributed by atoms with van der Waals surface area (Å²) >= 11 is 0. The SMILES string of the molecule is COc1cccc(CNC(C)(C)C)c1OCCF. The molecule has 1 aromatic rings. The molecule has 0 unspecified atom stereocenters. The molecule has 0 bridgehead atoms. The van der Waals surface area contributed by atoms with Gasteiger partial charge in [-0.1, -0.05) is 12.1 Å². The van der Waals surface area contributed by atoms with Gasteiger partial charge >= 0.3 is 0 Å². The molecule has 1 N–H and O–H groups in total. The summed E-state index contributed by atoms with van der Waals surface area (Å²) in [6.45, 7) is 6.47. The summed E-state index contributed by atoms with van der Waals surface area (Å²) in [5.41, 5.74) is 0.984. The number of ether oxygens (including phenoxy) is 2. The fourth-order valence-electron chi connectivity index (χ4n) is 1.53. The predicted octanol–water partition coefficient (Wildman–Crippen LogP) is 2.93. The lowest BCUT2D eigenvalue weighted by molar-refractivity contribution is 0.256. The Morgan fingerprint density at radius 1 is 1.28 bits per heavy atom. The zero-order valence-electron chi connectivity index (χ0n) is 11.5. The number of methoxy groups -OCH3 is 1. The Morgan fingerprint density at radius 2 is 2.00 bits per heavy atom. The number of para-hydroxylation sites is 1. The van der Waals surface area contributed by atoms with Crippen LogP contribution in [0.25, 0.3) is 0 Å². The summed E-state index contributed by atoms with van der Waals surface area (Å²) in [5, 5.41) is 3.38. The lowest BCUT2D eigenvalue weighted by Crippen LogP contribution is -2.35. The zero-order chi connectivity index (χ0) is 13.6. The standard InChI is InChI=1S/C14H22FNO2/c1-14(2,3)16-10-11-6-5-7-12(17-4)13(11)18-9-8-15/h5-7,16H,8-10H2,1-4H3. The number of hydrogen-bond acceptors (Lipinski definition) is 3. The van der Waals surface area contributed by atoms with Crippen LogP contribution in [0.4, 0.5) is 4.39 Å². The maximum atomic E-state index is 12.2. The summed E-state index contributed by atoms with van der Waals surface area (Å²) in [7, 11) is 1.58. The molecular formula is C14H22FNO2. The number of hydrogen-bond donors (Lipinski definition) is 1. The summed E-state index contributed by atoms with van der Waals surface area (Å²) in [6.07, 6.45) is 0. The van der Waals surface area contributed by atoms with Crippen molar-refractivity contribution in [2.24, 2.45) is 0 Å². The fourth-order valence-corrected chi connectivity index (χ4v) is 1.53. The van der Waals surface area contributed by atoms with Crippen molar-refractivity contribution in [2.45, 2.75) is 32.9 Å². The van der Waals surface area contributed by atoms with E-state index in [2.05, 4.69) is 26.1 Å². The molecule has 4 heteroatoms. The van der Waals surface area contributed by atoms with Gasteiger partial charge in [-0.2, -0.15) is 0 Å². The van der Waals surface area contributed by atoms with Crippen LogP contribution in [0.5, 0.6) is 11.5 Å². The second-order valence-electron chi connectivity index (χ2n) is 5.09. The van der Waals surface area contributed by atoms with E-state index in [1.807, 2.05) is 18.2 Å². The van der Waals surface area contributed by atoms with Crippen LogP contribution in [0.3, 0.4) is 0 Å². The highest BCUT2D eigenvalue weighted by Gasteiger charge is 2.14. The summed E-state index contributed by atoms with van der Waals surface area (Å²) in [5.74, 6) is 1.26. The van der Waals surface area contributed by atoms with Gasteiger partial charge in [0.1, 0.15) is 13.3 Å². The Labute approximate surface area is 108 Å². The first kappa shape index (κ1) is 14.8. The quantitative estimate of drug-likeness (QED) is 0.847. The van der Waals surface area contributed by atoms with E-state index in [-0.39, 0.29) is 12.1 Å². The smallest absolute Gasteiger partial charge is 0.165 e. The van der Waals surface area contributed by atoms with Gasteiger partial charge in [-0.05, 0) is 26.8 Å². The molecule has 0 saturated heterocycles. The van der Waals surface area contributed by atoms with Crippen molar-refractivity contribution in [3.05, 3.63) is 23.8 Å². The van der Waals surface area contributed by atoms with Crippen molar-refractivity contribution in [3.8, 4) is 11.5 Å². The summed E-state index contributed by atoms with van der Waals surface area (Å²) < 4.78 is 22.9. The fraction of sp³-hybridized carbons (Fsp3) is 0.571. The molecule has 0 aliphatic rings. The molecule has 0 fully saturated rings. The van der Waals surface area contributed by atoms with Gasteiger partial charge in [0.2, 0.25) is 0 Å². The third kappa shape index (κ3) is 4.53. The van der Waals surface area contributed by atoms with E-state index < -0.39 is 6.67 Å². The van der Waals surface area contributed by atoms with Gasteiger partial charge in [-0.3, -0.25) is 0 Å². The molecule has 1 rings (SSSR count). The molecule has 0 aliphatic carbocycles. The van der Waals surface area contributed by atoms with Gasteiger partial charge in [0.05, 0.1) is 7.11 Å². The summed E-state index contributed by atoms with van der Waals surface area (Å²) in [6, 6.07) is 5.67. The van der Waals surface area contributed by atoms with Crippen LogP contribution in [0.1, 0.15) is 26.3 Å². The Bertz CT molecular complexity index is 375. The Hall–Kier alpha value is -1.29. The number of benzene rings is 1. The van der Waals surface area contributed by atoms with Crippen molar-refractivity contribution in [3.63, 3.8) is 0 Å². The first-order valence-corrected chi connectivity index (χ1v) is 6.07. The highest BCUT2D eigenvalue weighted by molar-refractivity contribution is 5.46. The normalized spacial score (nSPS) is 11.4. The number of rotatable bonds is 6. The Morgan fingerprint density at radius 3 is 2.56 bits per heavy atom. The third-order valence-electron chi connectivity index (χ3n) is 2.41. The largest absolute Gasteiger partial charge is 0.493 e. The number of alkyl halides is 1. The van der Waals surface area contributed by atoms with Crippen LogP contribution in [-0.4, -0.2) is 25.9 Å². The molecule has 0 saturated carbocycles. The van der Waals surface area contributed by atoms with Gasteiger partial charge in [0.25, 0.3) is 0 Å². The molecule has 0 aliphatic heterocycles. The minimum absolute atomic E-state index is 0.0143. The maximum Gasteiger partial charge on any atom is 0.165 e. The van der Waals surface area contributed by atoms with Gasteiger partial charge in [0, 0.05) is 17.6 Å². The number of nitrogens with one attached hydrogen (secondary N) is 1. The van der Waals surface area contributed by atoms with Gasteiger partial charge in [0.15, 0.2) is 11.5 Å². The van der Waals surface area contributed by atoms with E-state index in [1.54, 1.807) is 7.11 Å². The lowest BCUT2D eigenvalue weighted by atomic mass is 10.1. The van der Waals surface area contributed by atoms with Gasteiger partial charge < -0.3 is 14.8 Å². The first-order chi connectivity index (χ1) is 8.48. The Balaban J connectivity index is 2.87. The molecule has 102 valence electrons. The molecule has 0 heterocycles. The lowest BCUT2D eigenvalue weighted by Gasteiger charge is -2.22. The predicted molar refractivity (Wildman–Crippen MR) is 71.1 cm³/mol. The van der Waals surface area contributed by atoms with Crippen LogP contribution in [0, 0.1) is 0 Å². The molecule has 0 spiro atoms. The van der Waals surface area contributed by atoms with E-state index in [4.69, 9.17) is 9.47 Å². The highest BCUT2D eigenvalue weighted by Crippen LogP contribution is 2.31. The van der Waals surface area contributed by atoms with Crippen LogP contribution >= 0.6 is 0 Å². The maximum absolute atomic E-state index is 12.2. The van der Waals surface area contributed by atoms with E-state index in [9.17, 15) is 4.39 Å². The molecule has 1 aromatic carbocycles. The zero-order valence-corrected chi connectivity index (χ0v) is 11.5. The third-order valence-corrected chi connectivity index (χ3v) is 2.41. The second-order valence-corrected chi connectivity index (χ2v) is 5.09. The van der Waals surface area contributed by atoms with Crippen LogP contribution in [-0.2, 0) is 6.54 Å². The van der Waals surface area contributed by atoms with Crippen LogP contribution in [0.15, 0.2) is 18.2 Å². The van der Waals surface area contributed by atoms with Crippen molar-refractivity contribution >= 4 is 0 Å². The minimum Gasteiger partial charge on any atom is -0.493 e. The highest BCUT2D eigenvalue weighted by atomic mass is 19.1. The van der Waals surface area contributed by atoms with E-state index in [0.717, 1.165) is 5.56 Å². The average molecular weight is 255 g/mol. The molecular weight excluding hydrogens is 233 g/mol. The molecule has 0 amide bonds. The van der Waals surface area contributed by atoms with E-state index in [0.29, 0.717) is 18.0 Å². The van der Waals surface area contributed by atoms with Gasteiger partial charge in [-0.25, -0.2) is 4.39 Å². The topological polar surface area (TPSA) is 30.5 Å². The van der Waals surface area contributed by atoms with E-state index >= 15 is 0 Å². The molecule has 0 radical (unpaired) electrons. The minimum atomic E-state index is -0.510. The molecule has 0 aromatic heterocycles. The van der Waals surface area contributed by atoms with Crippen molar-refractivity contribution in [1.29, 1.82) is 0 Å². The van der Waals surface area contributed by atoms with Crippen molar-refractivity contribution in [1.82, 2.24) is 5.32 Å². The van der Waals surface area contributed by atoms with Crippen molar-refractivity contribution < 1.29 is 13.9 Å². The van der Waals surface area contributed by atoms with Crippen LogP contribution in [0.2, 0.25) is 0 Å². The summed E-state index contributed by atoms with van der Waals surface area (Å²) in [4.78, 5) is 0. The molecule has 18 heavy (non-hydrogen) atoms. The molecule has 0 atom stereocenters. The Kier molecular flexibility index (Phi) is 5.41. The first-order valence-electron chi connectivity index (χ1n) is 6.07.